The Labute approximate surface area is 97.9 Å². The van der Waals surface area contributed by atoms with Crippen molar-refractivity contribution in [2.24, 2.45) is 0 Å². The van der Waals surface area contributed by atoms with E-state index in [4.69, 9.17) is 19.6 Å². The first-order chi connectivity index (χ1) is 7.45. The zero-order chi connectivity index (χ0) is 13.9. The van der Waals surface area contributed by atoms with Crippen molar-refractivity contribution in [2.75, 3.05) is 7.11 Å². The molecule has 9 nitrogen and oxygen atoms in total. The van der Waals surface area contributed by atoms with Crippen LogP contribution < -0.4 is 4.89 Å². The van der Waals surface area contributed by atoms with Crippen LogP contribution in [-0.4, -0.2) is 42.7 Å². The Morgan fingerprint density at radius 3 is 2.00 bits per heavy atom. The molecule has 0 spiro atoms. The molecule has 0 aromatic carbocycles. The van der Waals surface area contributed by atoms with Crippen LogP contribution in [0.15, 0.2) is 0 Å². The van der Waals surface area contributed by atoms with Gasteiger partial charge < -0.3 is 29.6 Å². The van der Waals surface area contributed by atoms with E-state index in [-0.39, 0.29) is 0 Å². The quantitative estimate of drug-likeness (QED) is 0.382. The summed E-state index contributed by atoms with van der Waals surface area (Å²) in [5, 5.41) is 5.92. The van der Waals surface area contributed by atoms with Crippen LogP contribution in [0.1, 0.15) is 12.8 Å². The normalized spacial score (nSPS) is 15.1. The van der Waals surface area contributed by atoms with Gasteiger partial charge >= 0.3 is 15.2 Å². The number of hydrogen-bond acceptors (Lipinski definition) is 5. The highest BCUT2D eigenvalue weighted by molar-refractivity contribution is 7.72. The number of rotatable bonds is 6. The van der Waals surface area contributed by atoms with Gasteiger partial charge in [0.05, 0.1) is 7.11 Å². The van der Waals surface area contributed by atoms with Gasteiger partial charge in [0, 0.05) is 12.8 Å². The largest absolute Gasteiger partial charge is 0.603 e. The average Bonchev–Trinajstić information content (AvgIpc) is 2.13. The molecule has 0 bridgehead atoms. The highest BCUT2D eigenvalue weighted by atomic mass is 31.2. The molecular weight excluding hydrogens is 297 g/mol. The van der Waals surface area contributed by atoms with E-state index in [1.165, 1.54) is 0 Å². The van der Waals surface area contributed by atoms with E-state index < -0.39 is 41.1 Å². The summed E-state index contributed by atoms with van der Waals surface area (Å²) < 4.78 is 26.1. The molecule has 0 aliphatic carbocycles. The van der Waals surface area contributed by atoms with Crippen molar-refractivity contribution < 1.29 is 43.2 Å². The Balaban J connectivity index is 5.02. The van der Waals surface area contributed by atoms with Crippen LogP contribution in [0.25, 0.3) is 0 Å². The lowest BCUT2D eigenvalue weighted by Crippen LogP contribution is -2.28. The van der Waals surface area contributed by atoms with Crippen LogP contribution in [0, 0.1) is 0 Å². The van der Waals surface area contributed by atoms with Crippen molar-refractivity contribution >= 4 is 29.0 Å². The Hall–Kier alpha value is 0.350. The van der Waals surface area contributed by atoms with Crippen LogP contribution in [0.3, 0.4) is 0 Å². The molecule has 17 heavy (non-hydrogen) atoms. The van der Waals surface area contributed by atoms with E-state index in [1.54, 1.807) is 0 Å². The van der Waals surface area contributed by atoms with Crippen LogP contribution in [0.5, 0.6) is 0 Å². The predicted octanol–water partition coefficient (Wildman–Crippen LogP) is -1.11. The Morgan fingerprint density at radius 1 is 1.29 bits per heavy atom. The molecule has 1 atom stereocenters. The van der Waals surface area contributed by atoms with Gasteiger partial charge in [0.1, 0.15) is 5.80 Å². The van der Waals surface area contributed by atoms with Gasteiger partial charge in [-0.2, -0.15) is 4.52 Å². The minimum absolute atomic E-state index is 0.393. The van der Waals surface area contributed by atoms with Gasteiger partial charge in [-0.25, -0.2) is 0 Å². The van der Waals surface area contributed by atoms with Crippen LogP contribution in [-0.2, 0) is 13.7 Å². The molecule has 0 saturated carbocycles. The molecule has 0 aliphatic rings. The monoisotopic (exact) mass is 310 g/mol. The van der Waals surface area contributed by atoms with E-state index in [0.717, 1.165) is 12.9 Å². The molecule has 12 heteroatoms. The number of aliphatic hydroxyl groups is 1. The Morgan fingerprint density at radius 2 is 1.71 bits per heavy atom. The molecule has 0 aromatic heterocycles. The first-order valence-electron chi connectivity index (χ1n) is 4.13. The van der Waals surface area contributed by atoms with Gasteiger partial charge in [-0.15, -0.1) is 0 Å². The van der Waals surface area contributed by atoms with E-state index in [1.807, 2.05) is 0 Å². The van der Waals surface area contributed by atoms with Crippen LogP contribution in [0.2, 0.25) is 0 Å². The molecule has 0 aliphatic heterocycles. The summed E-state index contributed by atoms with van der Waals surface area (Å²) in [5.74, 6) is 0.950. The average molecular weight is 310 g/mol. The predicted molar refractivity (Wildman–Crippen MR) is 58.3 cm³/mol. The third-order valence-corrected chi connectivity index (χ3v) is 6.66. The fourth-order valence-electron chi connectivity index (χ4n) is 0.899. The highest BCUT2D eigenvalue weighted by Crippen LogP contribution is 2.69. The van der Waals surface area contributed by atoms with Crippen LogP contribution >= 0.6 is 23.2 Å². The van der Waals surface area contributed by atoms with E-state index in [9.17, 15) is 19.1 Å². The molecule has 5 N–H and O–H groups in total. The minimum atomic E-state index is -5.44. The first-order valence-corrected chi connectivity index (χ1v) is 8.60. The van der Waals surface area contributed by atoms with Crippen molar-refractivity contribution in [3.63, 3.8) is 0 Å². The van der Waals surface area contributed by atoms with Crippen molar-refractivity contribution in [3.05, 3.63) is 0 Å². The molecule has 0 rings (SSSR count). The lowest BCUT2D eigenvalue weighted by molar-refractivity contribution is -0.170. The first kappa shape index (κ1) is 17.4. The molecule has 1 unspecified atom stereocenters. The van der Waals surface area contributed by atoms with E-state index >= 15 is 0 Å². The van der Waals surface area contributed by atoms with Gasteiger partial charge in [0.25, 0.3) is 5.08 Å². The third-order valence-electron chi connectivity index (χ3n) is 1.87. The van der Waals surface area contributed by atoms with E-state index in [0.29, 0.717) is 0 Å². The minimum Gasteiger partial charge on any atom is -0.603 e. The Kier molecular flexibility index (Phi) is 6.12. The standard InChI is InChI=1S/C5H13O9P3/c1-14-15(7)4-2-3-5(6,16(8,9)10)17(11,12)13/h4,6H,2-3H2,1H3,(H2,8,9,10)(H2,11,12,13). The zero-order valence-corrected chi connectivity index (χ0v) is 11.4. The van der Waals surface area contributed by atoms with E-state index in [2.05, 4.69) is 4.52 Å². The lowest BCUT2D eigenvalue weighted by atomic mass is 10.3. The molecule has 0 radical (unpaired) electrons. The molecule has 0 heterocycles. The molecule has 0 aromatic rings. The smallest absolute Gasteiger partial charge is 0.369 e. The summed E-state index contributed by atoms with van der Waals surface area (Å²) in [5.41, 5.74) is 0. The topological polar surface area (TPSA) is 168 Å². The Bertz CT molecular complexity index is 356. The molecule has 102 valence electrons. The SMILES string of the molecule is CO/[P+]([O-])=C/CCC(O)(P(=O)(O)O)P(=O)(O)O. The third kappa shape index (κ3) is 4.50. The molecule has 0 saturated heterocycles. The summed E-state index contributed by atoms with van der Waals surface area (Å²) in [6, 6.07) is 0. The summed E-state index contributed by atoms with van der Waals surface area (Å²) in [7, 11) is -12.0. The van der Waals surface area contributed by atoms with Crippen molar-refractivity contribution in [1.29, 1.82) is 0 Å². The molecular formula is C5H13O9P3. The maximum atomic E-state index is 10.9. The van der Waals surface area contributed by atoms with Crippen molar-refractivity contribution in [1.82, 2.24) is 0 Å². The van der Waals surface area contributed by atoms with Crippen molar-refractivity contribution in [3.8, 4) is 0 Å². The van der Waals surface area contributed by atoms with Crippen LogP contribution in [0.4, 0.5) is 0 Å². The second-order valence-electron chi connectivity index (χ2n) is 3.05. The second kappa shape index (κ2) is 5.99. The summed E-state index contributed by atoms with van der Waals surface area (Å²) in [4.78, 5) is 45.8. The van der Waals surface area contributed by atoms with Gasteiger partial charge in [0.2, 0.25) is 8.00 Å². The van der Waals surface area contributed by atoms with Gasteiger partial charge in [0.15, 0.2) is 0 Å². The fourth-order valence-corrected chi connectivity index (χ4v) is 3.59. The summed E-state index contributed by atoms with van der Waals surface area (Å²) >= 11 is 0. The van der Waals surface area contributed by atoms with Crippen molar-refractivity contribution in [2.45, 2.75) is 17.9 Å². The molecule has 0 amide bonds. The molecule has 0 fully saturated rings. The fraction of sp³-hybridized carbons (Fsp3) is 0.800. The van der Waals surface area contributed by atoms with Gasteiger partial charge in [-0.1, -0.05) is 0 Å². The van der Waals surface area contributed by atoms with Gasteiger partial charge in [-0.3, -0.25) is 9.13 Å². The maximum absolute atomic E-state index is 10.9. The summed E-state index contributed by atoms with van der Waals surface area (Å²) in [6.45, 7) is 0. The van der Waals surface area contributed by atoms with Gasteiger partial charge in [-0.05, 0) is 0 Å². The summed E-state index contributed by atoms with van der Waals surface area (Å²) in [6.07, 6.45) is -1.33. The lowest BCUT2D eigenvalue weighted by Gasteiger charge is -2.28. The highest BCUT2D eigenvalue weighted by Gasteiger charge is 2.58. The maximum Gasteiger partial charge on any atom is 0.369 e. The zero-order valence-electron chi connectivity index (χ0n) is 8.70. The second-order valence-corrected chi connectivity index (χ2v) is 8.36. The number of hydrogen-bond donors (Lipinski definition) is 5.